The molecule has 4 nitrogen and oxygen atoms in total. The van der Waals surface area contributed by atoms with Gasteiger partial charge in [-0.1, -0.05) is 231 Å². The highest BCUT2D eigenvalue weighted by molar-refractivity contribution is 6.06. The Bertz CT molecular complexity index is 4190. The summed E-state index contributed by atoms with van der Waals surface area (Å²) in [4.78, 5) is 15.6. The molecular weight excluding hydrogens is 899 g/mol. The molecule has 0 fully saturated rings. The van der Waals surface area contributed by atoms with Crippen molar-refractivity contribution in [1.29, 1.82) is 0 Å². The third-order valence-corrected chi connectivity index (χ3v) is 14.8. The van der Waals surface area contributed by atoms with Gasteiger partial charge in [-0.2, -0.15) is 0 Å². The Morgan fingerprint density at radius 1 is 0.257 bits per heavy atom. The zero-order chi connectivity index (χ0) is 49.0. The highest BCUT2D eigenvalue weighted by Crippen LogP contribution is 2.57. The monoisotopic (exact) mass is 943 g/mol. The molecule has 4 heteroatoms. The predicted molar refractivity (Wildman–Crippen MR) is 302 cm³/mol. The van der Waals surface area contributed by atoms with Crippen molar-refractivity contribution in [3.05, 3.63) is 295 Å². The van der Waals surface area contributed by atoms with E-state index < -0.39 is 5.41 Å². The number of para-hydroxylation sites is 1. The maximum atomic E-state index is 6.35. The van der Waals surface area contributed by atoms with Gasteiger partial charge in [-0.25, -0.2) is 15.0 Å². The lowest BCUT2D eigenvalue weighted by atomic mass is 9.67. The Labute approximate surface area is 429 Å². The molecule has 2 heterocycles. The van der Waals surface area contributed by atoms with Crippen molar-refractivity contribution in [2.45, 2.75) is 5.41 Å². The van der Waals surface area contributed by atoms with E-state index in [0.717, 1.165) is 83.1 Å². The van der Waals surface area contributed by atoms with E-state index in [1.54, 1.807) is 0 Å². The minimum absolute atomic E-state index is 0.498. The number of hydrogen-bond donors (Lipinski definition) is 0. The Hall–Kier alpha value is -9.77. The first-order valence-electron chi connectivity index (χ1n) is 25.2. The Kier molecular flexibility index (Phi) is 10.4. The highest BCUT2D eigenvalue weighted by Gasteiger charge is 2.46. The van der Waals surface area contributed by atoms with Crippen LogP contribution in [0.15, 0.2) is 277 Å². The van der Waals surface area contributed by atoms with Gasteiger partial charge < -0.3 is 4.42 Å². The lowest BCUT2D eigenvalue weighted by Crippen LogP contribution is -2.28. The first-order chi connectivity index (χ1) is 36.7. The molecule has 0 saturated carbocycles. The SMILES string of the molecule is c1ccc(-c2cc(-c3cccc(-c4nc(-c5ccccc5)nc(-c5ccc6c(c5)oc5ccccc56)n4)c3)c(-c3ccccc3)c(-c3ccc4c(c3)-c3ccccc3C4(c3ccccc3)c3ccccc3)c2)cc1. The maximum Gasteiger partial charge on any atom is 0.164 e. The molecule has 0 bridgehead atoms. The molecular formula is C70H45N3O. The second-order valence-electron chi connectivity index (χ2n) is 19.0. The highest BCUT2D eigenvalue weighted by atomic mass is 16.3. The van der Waals surface area contributed by atoms with E-state index in [0.29, 0.717) is 17.5 Å². The molecule has 0 radical (unpaired) electrons. The fraction of sp³-hybridized carbons (Fsp3) is 0.0143. The lowest BCUT2D eigenvalue weighted by Gasteiger charge is -2.34. The van der Waals surface area contributed by atoms with Crippen LogP contribution in [0.4, 0.5) is 0 Å². The zero-order valence-corrected chi connectivity index (χ0v) is 40.2. The summed E-state index contributed by atoms with van der Waals surface area (Å²) in [5.74, 6) is 1.75. The minimum Gasteiger partial charge on any atom is -0.456 e. The second kappa shape index (κ2) is 17.8. The molecule has 0 amide bonds. The van der Waals surface area contributed by atoms with Gasteiger partial charge in [0.05, 0.1) is 5.41 Å². The molecule has 0 spiro atoms. The van der Waals surface area contributed by atoms with Crippen LogP contribution in [0.5, 0.6) is 0 Å². The summed E-state index contributed by atoms with van der Waals surface area (Å²) in [6.45, 7) is 0. The van der Waals surface area contributed by atoms with Crippen molar-refractivity contribution < 1.29 is 4.42 Å². The summed E-state index contributed by atoms with van der Waals surface area (Å²) in [7, 11) is 0. The molecule has 0 unspecified atom stereocenters. The average molecular weight is 944 g/mol. The molecule has 11 aromatic carbocycles. The van der Waals surface area contributed by atoms with E-state index in [-0.39, 0.29) is 0 Å². The van der Waals surface area contributed by atoms with E-state index in [9.17, 15) is 0 Å². The van der Waals surface area contributed by atoms with E-state index in [1.165, 1.54) is 33.4 Å². The summed E-state index contributed by atoms with van der Waals surface area (Å²) in [6, 6.07) is 97.7. The standard InChI is InChI=1S/C70H45N3O/c1-6-21-46(22-7-1)53-43-59(49-27-20-28-51(41-49)68-71-67(48-25-10-3-11-26-48)72-69(73-68)52-37-39-58-57-34-17-19-36-64(57)74-65(58)45-52)66(47-23-8-2-9-24-47)60(44-53)50-38-40-63-61(42-50)56-33-16-18-35-62(56)70(63,54-29-12-4-13-30-54)55-31-14-5-15-32-55/h1-45H. The molecule has 0 atom stereocenters. The largest absolute Gasteiger partial charge is 0.456 e. The van der Waals surface area contributed by atoms with Crippen molar-refractivity contribution in [2.75, 3.05) is 0 Å². The topological polar surface area (TPSA) is 51.8 Å². The van der Waals surface area contributed by atoms with E-state index >= 15 is 0 Å². The third-order valence-electron chi connectivity index (χ3n) is 14.8. The van der Waals surface area contributed by atoms with Crippen LogP contribution in [-0.4, -0.2) is 15.0 Å². The molecule has 1 aliphatic carbocycles. The fourth-order valence-corrected chi connectivity index (χ4v) is 11.5. The van der Waals surface area contributed by atoms with Crippen molar-refractivity contribution >= 4 is 21.9 Å². The Balaban J connectivity index is 0.979. The number of benzene rings is 11. The van der Waals surface area contributed by atoms with Crippen LogP contribution in [0.3, 0.4) is 0 Å². The van der Waals surface area contributed by atoms with Crippen LogP contribution in [0, 0.1) is 0 Å². The Morgan fingerprint density at radius 2 is 0.716 bits per heavy atom. The van der Waals surface area contributed by atoms with Crippen LogP contribution < -0.4 is 0 Å². The maximum absolute atomic E-state index is 6.35. The molecule has 1 aliphatic rings. The van der Waals surface area contributed by atoms with Gasteiger partial charge in [0.1, 0.15) is 11.2 Å². The number of rotatable bonds is 9. The first-order valence-corrected chi connectivity index (χ1v) is 25.2. The summed E-state index contributed by atoms with van der Waals surface area (Å²) in [5.41, 5.74) is 20.3. The molecule has 13 aromatic rings. The van der Waals surface area contributed by atoms with Crippen LogP contribution in [0.25, 0.3) is 112 Å². The summed E-state index contributed by atoms with van der Waals surface area (Å²) in [6.07, 6.45) is 0. The van der Waals surface area contributed by atoms with Crippen molar-refractivity contribution in [1.82, 2.24) is 15.0 Å². The summed E-state index contributed by atoms with van der Waals surface area (Å²) >= 11 is 0. The number of hydrogen-bond acceptors (Lipinski definition) is 4. The van der Waals surface area contributed by atoms with Crippen LogP contribution >= 0.6 is 0 Å². The van der Waals surface area contributed by atoms with Gasteiger partial charge >= 0.3 is 0 Å². The van der Waals surface area contributed by atoms with Gasteiger partial charge in [-0.05, 0) is 120 Å². The number of nitrogens with zero attached hydrogens (tertiary/aromatic N) is 3. The third kappa shape index (κ3) is 7.18. The van der Waals surface area contributed by atoms with Gasteiger partial charge in [-0.3, -0.25) is 0 Å². The summed E-state index contributed by atoms with van der Waals surface area (Å²) < 4.78 is 6.35. The van der Waals surface area contributed by atoms with Gasteiger partial charge in [0.15, 0.2) is 17.5 Å². The lowest BCUT2D eigenvalue weighted by molar-refractivity contribution is 0.669. The van der Waals surface area contributed by atoms with E-state index in [2.05, 4.69) is 218 Å². The normalized spacial score (nSPS) is 12.4. The van der Waals surface area contributed by atoms with Crippen LogP contribution in [0.1, 0.15) is 22.3 Å². The average Bonchev–Trinajstić information content (AvgIpc) is 4.01. The van der Waals surface area contributed by atoms with Gasteiger partial charge in [-0.15, -0.1) is 0 Å². The molecule has 14 rings (SSSR count). The number of furan rings is 1. The quantitative estimate of drug-likeness (QED) is 0.145. The van der Waals surface area contributed by atoms with Crippen molar-refractivity contribution in [3.63, 3.8) is 0 Å². The molecule has 2 aromatic heterocycles. The van der Waals surface area contributed by atoms with Crippen LogP contribution in [0.2, 0.25) is 0 Å². The van der Waals surface area contributed by atoms with Gasteiger partial charge in [0.2, 0.25) is 0 Å². The molecule has 74 heavy (non-hydrogen) atoms. The van der Waals surface area contributed by atoms with E-state index in [1.807, 2.05) is 54.6 Å². The smallest absolute Gasteiger partial charge is 0.164 e. The fourth-order valence-electron chi connectivity index (χ4n) is 11.5. The molecule has 0 saturated heterocycles. The number of aromatic nitrogens is 3. The first kappa shape index (κ1) is 43.1. The Morgan fingerprint density at radius 3 is 1.39 bits per heavy atom. The van der Waals surface area contributed by atoms with Gasteiger partial charge in [0.25, 0.3) is 0 Å². The molecule has 0 aliphatic heterocycles. The van der Waals surface area contributed by atoms with Crippen molar-refractivity contribution in [3.8, 4) is 89.8 Å². The van der Waals surface area contributed by atoms with Gasteiger partial charge in [0, 0.05) is 27.5 Å². The summed E-state index contributed by atoms with van der Waals surface area (Å²) in [5, 5.41) is 2.13. The molecule has 346 valence electrons. The van der Waals surface area contributed by atoms with E-state index in [4.69, 9.17) is 19.4 Å². The minimum atomic E-state index is -0.498. The molecule has 0 N–H and O–H groups in total. The predicted octanol–water partition coefficient (Wildman–Crippen LogP) is 17.8. The number of fused-ring (bicyclic) bond motifs is 6. The second-order valence-corrected chi connectivity index (χ2v) is 19.0. The van der Waals surface area contributed by atoms with Crippen molar-refractivity contribution in [2.24, 2.45) is 0 Å². The zero-order valence-electron chi connectivity index (χ0n) is 40.2. The van der Waals surface area contributed by atoms with Crippen LogP contribution in [-0.2, 0) is 5.41 Å².